The van der Waals surface area contributed by atoms with Gasteiger partial charge in [-0.25, -0.2) is 4.79 Å². The number of rotatable bonds is 3. The Labute approximate surface area is 105 Å². The molecule has 0 bridgehead atoms. The summed E-state index contributed by atoms with van der Waals surface area (Å²) in [5.41, 5.74) is -2.48. The molecule has 0 saturated carbocycles. The van der Waals surface area contributed by atoms with Crippen LogP contribution in [0.15, 0.2) is 18.2 Å². The highest BCUT2D eigenvalue weighted by molar-refractivity contribution is 5.88. The maximum atomic E-state index is 12.6. The number of aliphatic hydroxyl groups is 2. The molecule has 1 aromatic rings. The van der Waals surface area contributed by atoms with Crippen LogP contribution in [0, 0.1) is 11.3 Å². The lowest BCUT2D eigenvalue weighted by Gasteiger charge is -2.15. The molecule has 2 unspecified atom stereocenters. The van der Waals surface area contributed by atoms with E-state index in [9.17, 15) is 23.1 Å². The third kappa shape index (κ3) is 3.43. The number of aliphatic hydroxyl groups excluding tert-OH is 2. The standard InChI is InChI=1S/C11H8F3NO4/c12-11(13,14)7-2-5(9(17)8(16)4-15)1-6(3-7)10(18)19/h1-3,8-9,16-17H,(H,18,19). The van der Waals surface area contributed by atoms with E-state index in [4.69, 9.17) is 15.5 Å². The van der Waals surface area contributed by atoms with Crippen LogP contribution in [0.5, 0.6) is 0 Å². The molecule has 0 aliphatic carbocycles. The Morgan fingerprint density at radius 2 is 1.84 bits per heavy atom. The van der Waals surface area contributed by atoms with Crippen LogP contribution in [-0.2, 0) is 6.18 Å². The average molecular weight is 275 g/mol. The number of nitriles is 1. The van der Waals surface area contributed by atoms with Gasteiger partial charge < -0.3 is 15.3 Å². The monoisotopic (exact) mass is 275 g/mol. The third-order valence-electron chi connectivity index (χ3n) is 2.30. The van der Waals surface area contributed by atoms with Crippen LogP contribution in [0.3, 0.4) is 0 Å². The van der Waals surface area contributed by atoms with Gasteiger partial charge in [0, 0.05) is 0 Å². The summed E-state index contributed by atoms with van der Waals surface area (Å²) in [6.45, 7) is 0. The smallest absolute Gasteiger partial charge is 0.416 e. The van der Waals surface area contributed by atoms with E-state index >= 15 is 0 Å². The molecule has 0 aromatic heterocycles. The van der Waals surface area contributed by atoms with E-state index in [0.717, 1.165) is 6.07 Å². The molecule has 1 aromatic carbocycles. The van der Waals surface area contributed by atoms with Gasteiger partial charge in [-0.3, -0.25) is 0 Å². The number of benzene rings is 1. The van der Waals surface area contributed by atoms with Crippen molar-refractivity contribution in [2.45, 2.75) is 18.4 Å². The first-order valence-corrected chi connectivity index (χ1v) is 4.88. The van der Waals surface area contributed by atoms with Gasteiger partial charge in [-0.2, -0.15) is 18.4 Å². The van der Waals surface area contributed by atoms with Crippen molar-refractivity contribution >= 4 is 5.97 Å². The van der Waals surface area contributed by atoms with Crippen molar-refractivity contribution in [2.24, 2.45) is 0 Å². The van der Waals surface area contributed by atoms with Crippen LogP contribution < -0.4 is 0 Å². The minimum absolute atomic E-state index is 0.400. The number of halogens is 3. The van der Waals surface area contributed by atoms with E-state index in [1.54, 1.807) is 0 Å². The van der Waals surface area contributed by atoms with Crippen molar-refractivity contribution in [2.75, 3.05) is 0 Å². The quantitative estimate of drug-likeness (QED) is 0.722. The molecule has 0 spiro atoms. The molecular formula is C11H8F3NO4. The van der Waals surface area contributed by atoms with Gasteiger partial charge in [-0.15, -0.1) is 0 Å². The maximum absolute atomic E-state index is 12.6. The van der Waals surface area contributed by atoms with E-state index in [0.29, 0.717) is 12.1 Å². The highest BCUT2D eigenvalue weighted by atomic mass is 19.4. The van der Waals surface area contributed by atoms with Crippen LogP contribution >= 0.6 is 0 Å². The van der Waals surface area contributed by atoms with Crippen molar-refractivity contribution < 1.29 is 33.3 Å². The Morgan fingerprint density at radius 3 is 2.26 bits per heavy atom. The van der Waals surface area contributed by atoms with Crippen molar-refractivity contribution in [3.8, 4) is 6.07 Å². The molecule has 0 aliphatic rings. The number of nitrogens with zero attached hydrogens (tertiary/aromatic N) is 1. The first-order chi connectivity index (χ1) is 8.66. The summed E-state index contributed by atoms with van der Waals surface area (Å²) in [6, 6.07) is 2.90. The minimum atomic E-state index is -4.81. The highest BCUT2D eigenvalue weighted by Gasteiger charge is 2.33. The van der Waals surface area contributed by atoms with Gasteiger partial charge in [-0.05, 0) is 23.8 Å². The number of hydrogen-bond acceptors (Lipinski definition) is 4. The van der Waals surface area contributed by atoms with Crippen LogP contribution in [0.2, 0.25) is 0 Å². The van der Waals surface area contributed by atoms with Crippen LogP contribution in [0.1, 0.15) is 27.6 Å². The Kier molecular flexibility index (Phi) is 4.14. The zero-order chi connectivity index (χ0) is 14.8. The summed E-state index contributed by atoms with van der Waals surface area (Å²) in [7, 11) is 0. The molecule has 19 heavy (non-hydrogen) atoms. The van der Waals surface area contributed by atoms with Gasteiger partial charge in [-0.1, -0.05) is 0 Å². The largest absolute Gasteiger partial charge is 0.478 e. The summed E-state index contributed by atoms with van der Waals surface area (Å²) in [5.74, 6) is -1.62. The summed E-state index contributed by atoms with van der Waals surface area (Å²) < 4.78 is 37.7. The topological polar surface area (TPSA) is 102 Å². The Hall–Kier alpha value is -2.11. The molecule has 0 aliphatic heterocycles. The Balaban J connectivity index is 3.37. The Bertz CT molecular complexity index is 536. The van der Waals surface area contributed by atoms with Crippen molar-refractivity contribution in [1.29, 1.82) is 5.26 Å². The molecule has 102 valence electrons. The molecule has 1 rings (SSSR count). The van der Waals surface area contributed by atoms with Crippen LogP contribution in [-0.4, -0.2) is 27.4 Å². The molecule has 0 fully saturated rings. The first kappa shape index (κ1) is 14.9. The van der Waals surface area contributed by atoms with Gasteiger partial charge in [0.25, 0.3) is 0 Å². The number of alkyl halides is 3. The fraction of sp³-hybridized carbons (Fsp3) is 0.273. The normalized spacial score (nSPS) is 14.5. The number of hydrogen-bond donors (Lipinski definition) is 3. The van der Waals surface area contributed by atoms with Crippen molar-refractivity contribution in [3.05, 3.63) is 34.9 Å². The molecule has 3 N–H and O–H groups in total. The second kappa shape index (κ2) is 5.26. The maximum Gasteiger partial charge on any atom is 0.416 e. The number of carboxylic acids is 1. The zero-order valence-electron chi connectivity index (χ0n) is 9.22. The lowest BCUT2D eigenvalue weighted by Crippen LogP contribution is -2.18. The number of carboxylic acid groups (broad SMARTS) is 1. The molecule has 0 amide bonds. The van der Waals surface area contributed by atoms with Crippen molar-refractivity contribution in [1.82, 2.24) is 0 Å². The SMILES string of the molecule is N#CC(O)C(O)c1cc(C(=O)O)cc(C(F)(F)F)c1. The number of aromatic carboxylic acids is 1. The molecule has 0 heterocycles. The lowest BCUT2D eigenvalue weighted by molar-refractivity contribution is -0.137. The molecular weight excluding hydrogens is 267 g/mol. The minimum Gasteiger partial charge on any atom is -0.478 e. The van der Waals surface area contributed by atoms with Gasteiger partial charge in [0.05, 0.1) is 17.2 Å². The van der Waals surface area contributed by atoms with Gasteiger partial charge in [0.1, 0.15) is 6.10 Å². The molecule has 0 radical (unpaired) electrons. The summed E-state index contributed by atoms with van der Waals surface area (Å²) >= 11 is 0. The summed E-state index contributed by atoms with van der Waals surface area (Å²) in [5, 5.41) is 35.6. The second-order valence-electron chi connectivity index (χ2n) is 3.67. The van der Waals surface area contributed by atoms with E-state index in [1.807, 2.05) is 0 Å². The first-order valence-electron chi connectivity index (χ1n) is 4.88. The highest BCUT2D eigenvalue weighted by Crippen LogP contribution is 2.32. The molecule has 2 atom stereocenters. The van der Waals surface area contributed by atoms with Crippen LogP contribution in [0.25, 0.3) is 0 Å². The molecule has 8 heteroatoms. The second-order valence-corrected chi connectivity index (χ2v) is 3.67. The van der Waals surface area contributed by atoms with E-state index in [1.165, 1.54) is 6.07 Å². The van der Waals surface area contributed by atoms with Gasteiger partial charge in [0.15, 0.2) is 6.10 Å². The Morgan fingerprint density at radius 1 is 1.26 bits per heavy atom. The predicted octanol–water partition coefficient (Wildman–Crippen LogP) is 1.32. The fourth-order valence-corrected chi connectivity index (χ4v) is 1.36. The lowest BCUT2D eigenvalue weighted by atomic mass is 9.99. The van der Waals surface area contributed by atoms with Crippen molar-refractivity contribution in [3.63, 3.8) is 0 Å². The third-order valence-corrected chi connectivity index (χ3v) is 2.30. The zero-order valence-corrected chi connectivity index (χ0v) is 9.22. The van der Waals surface area contributed by atoms with E-state index in [-0.39, 0.29) is 0 Å². The average Bonchev–Trinajstić information content (AvgIpc) is 2.35. The van der Waals surface area contributed by atoms with Gasteiger partial charge in [0.2, 0.25) is 0 Å². The summed E-state index contributed by atoms with van der Waals surface area (Å²) in [4.78, 5) is 10.7. The van der Waals surface area contributed by atoms with Gasteiger partial charge >= 0.3 is 12.1 Å². The summed E-state index contributed by atoms with van der Waals surface area (Å²) in [6.07, 6.45) is -8.69. The van der Waals surface area contributed by atoms with Crippen LogP contribution in [0.4, 0.5) is 13.2 Å². The van der Waals surface area contributed by atoms with E-state index in [2.05, 4.69) is 0 Å². The number of carbonyl (C=O) groups is 1. The molecule has 0 saturated heterocycles. The fourth-order valence-electron chi connectivity index (χ4n) is 1.36. The molecule has 5 nitrogen and oxygen atoms in total. The van der Waals surface area contributed by atoms with E-state index < -0.39 is 41.0 Å². The predicted molar refractivity (Wildman–Crippen MR) is 55.0 cm³/mol.